The zero-order valence-electron chi connectivity index (χ0n) is 13.4. The Labute approximate surface area is 136 Å². The lowest BCUT2D eigenvalue weighted by atomic mass is 10.1. The van der Waals surface area contributed by atoms with Crippen molar-refractivity contribution in [2.75, 3.05) is 11.9 Å². The number of carbonyl (C=O) groups is 2. The van der Waals surface area contributed by atoms with Gasteiger partial charge in [-0.2, -0.15) is 0 Å². The molecule has 0 fully saturated rings. The summed E-state index contributed by atoms with van der Waals surface area (Å²) < 4.78 is 0. The number of hydrogen-bond acceptors (Lipinski definition) is 2. The summed E-state index contributed by atoms with van der Waals surface area (Å²) in [6, 6.07) is 13.8. The maximum absolute atomic E-state index is 12.1. The van der Waals surface area contributed by atoms with Gasteiger partial charge in [-0.25, -0.2) is 0 Å². The maximum atomic E-state index is 12.1. The van der Waals surface area contributed by atoms with Crippen molar-refractivity contribution in [3.05, 3.63) is 64.7 Å². The van der Waals surface area contributed by atoms with Gasteiger partial charge in [-0.05, 0) is 35.2 Å². The van der Waals surface area contributed by atoms with Crippen molar-refractivity contribution in [1.29, 1.82) is 0 Å². The van der Waals surface area contributed by atoms with Crippen molar-refractivity contribution in [3.63, 3.8) is 0 Å². The Bertz CT molecular complexity index is 768. The number of nitrogens with one attached hydrogen (secondary N) is 1. The molecule has 1 N–H and O–H groups in total. The molecule has 0 saturated heterocycles. The van der Waals surface area contributed by atoms with Gasteiger partial charge in [0.25, 0.3) is 0 Å². The molecule has 2 aromatic carbocycles. The van der Waals surface area contributed by atoms with Crippen molar-refractivity contribution in [2.45, 2.75) is 26.3 Å². The smallest absolute Gasteiger partial charge is 0.231 e. The highest BCUT2D eigenvalue weighted by molar-refractivity contribution is 6.01. The second-order valence-corrected chi connectivity index (χ2v) is 5.97. The van der Waals surface area contributed by atoms with Crippen LogP contribution in [0.5, 0.6) is 0 Å². The molecule has 0 radical (unpaired) electrons. The minimum absolute atomic E-state index is 0.00844. The molecule has 3 rings (SSSR count). The Morgan fingerprint density at radius 2 is 2.00 bits per heavy atom. The van der Waals surface area contributed by atoms with Gasteiger partial charge in [-0.1, -0.05) is 36.4 Å². The van der Waals surface area contributed by atoms with Gasteiger partial charge in [0.1, 0.15) is 0 Å². The fourth-order valence-electron chi connectivity index (χ4n) is 2.88. The fraction of sp³-hybridized carbons (Fsp3) is 0.263. The predicted molar refractivity (Wildman–Crippen MR) is 90.3 cm³/mol. The van der Waals surface area contributed by atoms with E-state index < -0.39 is 0 Å². The van der Waals surface area contributed by atoms with Gasteiger partial charge in [0.2, 0.25) is 11.8 Å². The van der Waals surface area contributed by atoms with Crippen molar-refractivity contribution in [3.8, 4) is 0 Å². The van der Waals surface area contributed by atoms with Gasteiger partial charge in [0, 0.05) is 19.3 Å². The van der Waals surface area contributed by atoms with Crippen LogP contribution in [0.15, 0.2) is 42.5 Å². The predicted octanol–water partition coefficient (Wildman–Crippen LogP) is 2.37. The first-order chi connectivity index (χ1) is 11.0. The highest BCUT2D eigenvalue weighted by Crippen LogP contribution is 2.28. The van der Waals surface area contributed by atoms with Gasteiger partial charge in [0.15, 0.2) is 0 Å². The SMILES string of the molecule is Cc1ccccc1CNC(=O)Cc1ccc2c(c1)CC(=O)N2C. The number of likely N-dealkylation sites (N-methyl/N-ethyl adjacent to an activating group) is 1. The van der Waals surface area contributed by atoms with Crippen molar-refractivity contribution >= 4 is 17.5 Å². The first kappa shape index (κ1) is 15.3. The minimum atomic E-state index is -0.00844. The second kappa shape index (κ2) is 6.24. The molecule has 1 aliphatic heterocycles. The van der Waals surface area contributed by atoms with Gasteiger partial charge < -0.3 is 10.2 Å². The highest BCUT2D eigenvalue weighted by Gasteiger charge is 2.23. The number of benzene rings is 2. The van der Waals surface area contributed by atoms with E-state index in [0.717, 1.165) is 22.4 Å². The van der Waals surface area contributed by atoms with E-state index in [4.69, 9.17) is 0 Å². The summed E-state index contributed by atoms with van der Waals surface area (Å²) in [5.74, 6) is 0.0898. The van der Waals surface area contributed by atoms with Crippen LogP contribution in [-0.4, -0.2) is 18.9 Å². The standard InChI is InChI=1S/C19H20N2O2/c1-13-5-3-4-6-15(13)12-20-18(22)10-14-7-8-17-16(9-14)11-19(23)21(17)2/h3-9H,10-12H2,1-2H3,(H,20,22). The normalized spacial score (nSPS) is 13.1. The molecule has 0 bridgehead atoms. The molecule has 0 atom stereocenters. The monoisotopic (exact) mass is 308 g/mol. The summed E-state index contributed by atoms with van der Waals surface area (Å²) in [6.07, 6.45) is 0.752. The molecule has 4 heteroatoms. The van der Waals surface area contributed by atoms with Crippen molar-refractivity contribution in [2.24, 2.45) is 0 Å². The van der Waals surface area contributed by atoms with Crippen molar-refractivity contribution in [1.82, 2.24) is 5.32 Å². The number of hydrogen-bond donors (Lipinski definition) is 1. The van der Waals surface area contributed by atoms with Crippen LogP contribution >= 0.6 is 0 Å². The Hall–Kier alpha value is -2.62. The fourth-order valence-corrected chi connectivity index (χ4v) is 2.88. The Balaban J connectivity index is 1.62. The van der Waals surface area contributed by atoms with E-state index in [0.29, 0.717) is 19.4 Å². The molecule has 4 nitrogen and oxygen atoms in total. The summed E-state index contributed by atoms with van der Waals surface area (Å²) in [5.41, 5.74) is 5.18. The quantitative estimate of drug-likeness (QED) is 0.943. The molecule has 1 heterocycles. The number of nitrogens with zero attached hydrogens (tertiary/aromatic N) is 1. The third kappa shape index (κ3) is 3.26. The molecule has 0 saturated carbocycles. The van der Waals surface area contributed by atoms with E-state index in [-0.39, 0.29) is 11.8 Å². The summed E-state index contributed by atoms with van der Waals surface area (Å²) >= 11 is 0. The molecular weight excluding hydrogens is 288 g/mol. The molecule has 118 valence electrons. The summed E-state index contributed by atoms with van der Waals surface area (Å²) in [5, 5.41) is 2.96. The third-order valence-corrected chi connectivity index (χ3v) is 4.32. The number of aryl methyl sites for hydroxylation is 1. The Kier molecular flexibility index (Phi) is 4.15. The van der Waals surface area contributed by atoms with E-state index in [2.05, 4.69) is 5.32 Å². The number of anilines is 1. The average Bonchev–Trinajstić information content (AvgIpc) is 2.81. The van der Waals surface area contributed by atoms with Crippen LogP contribution in [0.1, 0.15) is 22.3 Å². The van der Waals surface area contributed by atoms with Crippen LogP contribution in [0.4, 0.5) is 5.69 Å². The molecule has 0 aliphatic carbocycles. The molecule has 2 amide bonds. The van der Waals surface area contributed by atoms with E-state index in [9.17, 15) is 9.59 Å². The zero-order valence-corrected chi connectivity index (χ0v) is 13.4. The molecule has 2 aromatic rings. The van der Waals surface area contributed by atoms with Gasteiger partial charge >= 0.3 is 0 Å². The Morgan fingerprint density at radius 3 is 2.78 bits per heavy atom. The van der Waals surface area contributed by atoms with Crippen LogP contribution in [-0.2, 0) is 29.0 Å². The topological polar surface area (TPSA) is 49.4 Å². The van der Waals surface area contributed by atoms with E-state index in [1.807, 2.05) is 49.4 Å². The zero-order chi connectivity index (χ0) is 16.4. The molecule has 0 aromatic heterocycles. The summed E-state index contributed by atoms with van der Waals surface area (Å²) in [4.78, 5) is 25.5. The van der Waals surface area contributed by atoms with Crippen LogP contribution < -0.4 is 10.2 Å². The lowest BCUT2D eigenvalue weighted by molar-refractivity contribution is -0.120. The molecule has 1 aliphatic rings. The number of amides is 2. The molecule has 23 heavy (non-hydrogen) atoms. The van der Waals surface area contributed by atoms with Crippen LogP contribution in [0, 0.1) is 6.92 Å². The lowest BCUT2D eigenvalue weighted by Crippen LogP contribution is -2.24. The maximum Gasteiger partial charge on any atom is 0.231 e. The molecular formula is C19H20N2O2. The van der Waals surface area contributed by atoms with Gasteiger partial charge in [-0.3, -0.25) is 9.59 Å². The van der Waals surface area contributed by atoms with Gasteiger partial charge in [0.05, 0.1) is 12.8 Å². The summed E-state index contributed by atoms with van der Waals surface area (Å²) in [6.45, 7) is 2.58. The average molecular weight is 308 g/mol. The molecule has 0 unspecified atom stereocenters. The second-order valence-electron chi connectivity index (χ2n) is 5.97. The van der Waals surface area contributed by atoms with E-state index >= 15 is 0 Å². The largest absolute Gasteiger partial charge is 0.352 e. The first-order valence-electron chi connectivity index (χ1n) is 7.74. The lowest BCUT2D eigenvalue weighted by Gasteiger charge is -2.11. The number of carbonyl (C=O) groups excluding carboxylic acids is 2. The van der Waals surface area contributed by atoms with Crippen LogP contribution in [0.2, 0.25) is 0 Å². The van der Waals surface area contributed by atoms with Gasteiger partial charge in [-0.15, -0.1) is 0 Å². The van der Waals surface area contributed by atoms with E-state index in [1.54, 1.807) is 11.9 Å². The van der Waals surface area contributed by atoms with Crippen LogP contribution in [0.25, 0.3) is 0 Å². The Morgan fingerprint density at radius 1 is 1.22 bits per heavy atom. The number of rotatable bonds is 4. The highest BCUT2D eigenvalue weighted by atomic mass is 16.2. The summed E-state index contributed by atoms with van der Waals surface area (Å²) in [7, 11) is 1.78. The molecule has 0 spiro atoms. The van der Waals surface area contributed by atoms with Crippen LogP contribution in [0.3, 0.4) is 0 Å². The van der Waals surface area contributed by atoms with Crippen molar-refractivity contribution < 1.29 is 9.59 Å². The van der Waals surface area contributed by atoms with E-state index in [1.165, 1.54) is 5.56 Å². The first-order valence-corrected chi connectivity index (χ1v) is 7.74. The number of fused-ring (bicyclic) bond motifs is 1. The third-order valence-electron chi connectivity index (χ3n) is 4.32. The minimum Gasteiger partial charge on any atom is -0.352 e.